The molecule has 1 radical (unpaired) electrons. The van der Waals surface area contributed by atoms with Crippen LogP contribution in [0.1, 0.15) is 65.2 Å². The van der Waals surface area contributed by atoms with Crippen LogP contribution < -0.4 is 0 Å². The van der Waals surface area contributed by atoms with Crippen molar-refractivity contribution in [2.24, 2.45) is 0 Å². The summed E-state index contributed by atoms with van der Waals surface area (Å²) in [5, 5.41) is 0. The average Bonchev–Trinajstić information content (AvgIpc) is 2.21. The third-order valence-corrected chi connectivity index (χ3v) is 3.48. The van der Waals surface area contributed by atoms with Gasteiger partial charge in [0.2, 0.25) is 0 Å². The minimum Gasteiger partial charge on any atom is -0.0868 e. The molecule has 0 aromatic carbocycles. The monoisotopic (exact) mass is 213 g/mol. The molecular formula is C13H26P. The molecular weight excluding hydrogens is 187 g/mol. The first-order valence-corrected chi connectivity index (χ1v) is 7.34. The molecule has 0 aromatic heterocycles. The summed E-state index contributed by atoms with van der Waals surface area (Å²) in [7, 11) is 1.50. The van der Waals surface area contributed by atoms with Crippen molar-refractivity contribution >= 4 is 8.58 Å². The Kier molecular flexibility index (Phi) is 13.3. The third-order valence-electron chi connectivity index (χ3n) is 2.40. The molecule has 0 heterocycles. The van der Waals surface area contributed by atoms with Gasteiger partial charge < -0.3 is 0 Å². The summed E-state index contributed by atoms with van der Waals surface area (Å²) >= 11 is 0. The molecule has 0 aliphatic heterocycles. The van der Waals surface area contributed by atoms with Crippen LogP contribution in [0.2, 0.25) is 0 Å². The van der Waals surface area contributed by atoms with E-state index in [1.165, 1.54) is 66.1 Å². The van der Waals surface area contributed by atoms with Crippen LogP contribution in [0, 0.1) is 0 Å². The maximum atomic E-state index is 2.28. The van der Waals surface area contributed by atoms with Crippen LogP contribution >= 0.6 is 8.58 Å². The molecule has 0 saturated heterocycles. The number of unbranched alkanes of at least 4 members (excludes halogenated alkanes) is 7. The van der Waals surface area contributed by atoms with Crippen LogP contribution in [0.3, 0.4) is 0 Å². The van der Waals surface area contributed by atoms with E-state index in [9.17, 15) is 0 Å². The molecule has 0 rings (SSSR count). The van der Waals surface area contributed by atoms with Crippen LogP contribution in [0.5, 0.6) is 0 Å². The highest BCUT2D eigenvalue weighted by Gasteiger charge is 1.90. The second kappa shape index (κ2) is 13.2. The number of allylic oxidation sites excluding steroid dienone is 1. The normalized spacial score (nSPS) is 12.1. The highest BCUT2D eigenvalue weighted by atomic mass is 31.1. The first kappa shape index (κ1) is 14.2. The fourth-order valence-electron chi connectivity index (χ4n) is 1.52. The molecule has 83 valence electrons. The molecule has 14 heavy (non-hydrogen) atoms. The molecule has 0 aliphatic rings. The van der Waals surface area contributed by atoms with E-state index in [1.807, 2.05) is 0 Å². The van der Waals surface area contributed by atoms with E-state index in [-0.39, 0.29) is 0 Å². The predicted octanol–water partition coefficient (Wildman–Crippen LogP) is 5.61. The van der Waals surface area contributed by atoms with Crippen molar-refractivity contribution in [2.75, 3.05) is 6.16 Å². The van der Waals surface area contributed by atoms with Crippen LogP contribution in [-0.4, -0.2) is 6.16 Å². The van der Waals surface area contributed by atoms with Crippen molar-refractivity contribution in [1.82, 2.24) is 0 Å². The Balaban J connectivity index is 2.85. The van der Waals surface area contributed by atoms with Gasteiger partial charge in [-0.3, -0.25) is 0 Å². The van der Waals surface area contributed by atoms with E-state index in [2.05, 4.69) is 25.7 Å². The van der Waals surface area contributed by atoms with Crippen molar-refractivity contribution < 1.29 is 0 Å². The Morgan fingerprint density at radius 2 is 1.43 bits per heavy atom. The summed E-state index contributed by atoms with van der Waals surface area (Å²) < 4.78 is 0. The lowest BCUT2D eigenvalue weighted by atomic mass is 10.1. The highest BCUT2D eigenvalue weighted by molar-refractivity contribution is 7.41. The van der Waals surface area contributed by atoms with Crippen molar-refractivity contribution in [2.45, 2.75) is 65.2 Å². The Hall–Kier alpha value is 0.170. The molecule has 0 bridgehead atoms. The predicted molar refractivity (Wildman–Crippen MR) is 69.2 cm³/mol. The van der Waals surface area contributed by atoms with Crippen LogP contribution in [0.25, 0.3) is 0 Å². The van der Waals surface area contributed by atoms with Gasteiger partial charge in [-0.15, -0.1) is 0 Å². The van der Waals surface area contributed by atoms with Gasteiger partial charge in [0, 0.05) is 0 Å². The number of hydrogen-bond donors (Lipinski definition) is 0. The molecule has 0 aliphatic carbocycles. The van der Waals surface area contributed by atoms with E-state index < -0.39 is 0 Å². The van der Waals surface area contributed by atoms with Gasteiger partial charge >= 0.3 is 0 Å². The first-order chi connectivity index (χ1) is 6.91. The second-order valence-corrected chi connectivity index (χ2v) is 4.97. The molecule has 1 heteroatoms. The summed E-state index contributed by atoms with van der Waals surface area (Å²) in [6.07, 6.45) is 15.0. The van der Waals surface area contributed by atoms with Crippen LogP contribution in [0.4, 0.5) is 0 Å². The maximum absolute atomic E-state index is 2.28. The zero-order valence-electron chi connectivity index (χ0n) is 9.97. The fraction of sp³-hybridized carbons (Fsp3) is 0.846. The Bertz CT molecular complexity index is 118. The second-order valence-electron chi connectivity index (χ2n) is 3.86. The molecule has 0 fully saturated rings. The van der Waals surface area contributed by atoms with Crippen LogP contribution in [-0.2, 0) is 0 Å². The quantitative estimate of drug-likeness (QED) is 0.327. The van der Waals surface area contributed by atoms with Gasteiger partial charge in [-0.25, -0.2) is 0 Å². The molecule has 0 unspecified atom stereocenters. The number of hydrogen-bond acceptors (Lipinski definition) is 0. The van der Waals surface area contributed by atoms with Gasteiger partial charge in [-0.2, -0.15) is 0 Å². The summed E-state index contributed by atoms with van der Waals surface area (Å²) in [5.41, 5.74) is 0. The van der Waals surface area contributed by atoms with E-state index in [0.29, 0.717) is 0 Å². The zero-order chi connectivity index (χ0) is 10.5. The molecule has 0 spiro atoms. The van der Waals surface area contributed by atoms with Gasteiger partial charge in [-0.1, -0.05) is 72.3 Å². The average molecular weight is 213 g/mol. The summed E-state index contributed by atoms with van der Waals surface area (Å²) in [5.74, 6) is 2.25. The number of rotatable bonds is 10. The Morgan fingerprint density at radius 3 is 2.00 bits per heavy atom. The third kappa shape index (κ3) is 12.2. The highest BCUT2D eigenvalue weighted by Crippen LogP contribution is 2.16. The van der Waals surface area contributed by atoms with Crippen molar-refractivity contribution in [3.05, 3.63) is 11.9 Å². The van der Waals surface area contributed by atoms with Crippen LogP contribution in [0.15, 0.2) is 11.9 Å². The van der Waals surface area contributed by atoms with Crippen molar-refractivity contribution in [1.29, 1.82) is 0 Å². The van der Waals surface area contributed by atoms with Gasteiger partial charge in [0.1, 0.15) is 0 Å². The molecule has 0 aromatic rings. The largest absolute Gasteiger partial charge is 0.0868 e. The van der Waals surface area contributed by atoms with Crippen molar-refractivity contribution in [3.63, 3.8) is 0 Å². The van der Waals surface area contributed by atoms with Gasteiger partial charge in [0.25, 0.3) is 0 Å². The summed E-state index contributed by atoms with van der Waals surface area (Å²) in [6.45, 7) is 4.38. The standard InChI is InChI=1S/C13H26P/c1-3-5-6-7-8-9-10-11-13-14-12-4-2/h4,12H,3,5-11,13H2,1-2H3/b12-4-. The Morgan fingerprint density at radius 1 is 0.857 bits per heavy atom. The fourth-order valence-corrected chi connectivity index (χ4v) is 2.28. The lowest BCUT2D eigenvalue weighted by Gasteiger charge is -2.00. The van der Waals surface area contributed by atoms with E-state index >= 15 is 0 Å². The van der Waals surface area contributed by atoms with E-state index in [4.69, 9.17) is 0 Å². The van der Waals surface area contributed by atoms with E-state index in [0.717, 1.165) is 0 Å². The first-order valence-electron chi connectivity index (χ1n) is 6.19. The SMILES string of the molecule is C/C=C\[P]CCCCCCCCCC. The van der Waals surface area contributed by atoms with Crippen molar-refractivity contribution in [3.8, 4) is 0 Å². The summed E-state index contributed by atoms with van der Waals surface area (Å²) in [4.78, 5) is 0. The smallest absolute Gasteiger partial charge is 0.0250 e. The minimum absolute atomic E-state index is 1.36. The van der Waals surface area contributed by atoms with Gasteiger partial charge in [0.05, 0.1) is 0 Å². The minimum atomic E-state index is 1.36. The van der Waals surface area contributed by atoms with E-state index in [1.54, 1.807) is 0 Å². The lowest BCUT2D eigenvalue weighted by molar-refractivity contribution is 0.586. The molecule has 0 atom stereocenters. The van der Waals surface area contributed by atoms with Gasteiger partial charge in [0.15, 0.2) is 0 Å². The van der Waals surface area contributed by atoms with Gasteiger partial charge in [-0.05, 0) is 19.5 Å². The maximum Gasteiger partial charge on any atom is -0.0250 e. The molecule has 0 amide bonds. The molecule has 0 N–H and O–H groups in total. The lowest BCUT2D eigenvalue weighted by Crippen LogP contribution is -1.81. The Labute approximate surface area is 92.3 Å². The molecule has 0 nitrogen and oxygen atoms in total. The summed E-state index contributed by atoms with van der Waals surface area (Å²) in [6, 6.07) is 0. The molecule has 0 saturated carbocycles. The zero-order valence-corrected chi connectivity index (χ0v) is 10.9. The topological polar surface area (TPSA) is 0 Å².